The second-order valence-electron chi connectivity index (χ2n) is 4.93. The van der Waals surface area contributed by atoms with Crippen LogP contribution < -0.4 is 5.32 Å². The number of nitrogens with one attached hydrogen (secondary N) is 1. The molecule has 0 aliphatic carbocycles. The third-order valence-corrected chi connectivity index (χ3v) is 1.87. The standard InChI is InChI=1S/C12H21NO5/c1-12(2,3)18-11(17)7-6-9(14)13-8-4-5-10(15)16/h4-8H2,1-3H3,(H,13,14)(H,15,16). The lowest BCUT2D eigenvalue weighted by Crippen LogP contribution is -2.27. The van der Waals surface area contributed by atoms with Gasteiger partial charge in [0, 0.05) is 19.4 Å². The first-order valence-corrected chi connectivity index (χ1v) is 5.91. The highest BCUT2D eigenvalue weighted by Crippen LogP contribution is 2.08. The van der Waals surface area contributed by atoms with E-state index in [1.807, 2.05) is 0 Å². The monoisotopic (exact) mass is 259 g/mol. The van der Waals surface area contributed by atoms with Gasteiger partial charge in [0.2, 0.25) is 5.91 Å². The van der Waals surface area contributed by atoms with Crippen LogP contribution in [0.5, 0.6) is 0 Å². The molecule has 18 heavy (non-hydrogen) atoms. The molecule has 0 atom stereocenters. The molecule has 104 valence electrons. The van der Waals surface area contributed by atoms with Gasteiger partial charge in [-0.15, -0.1) is 0 Å². The zero-order chi connectivity index (χ0) is 14.2. The Morgan fingerprint density at radius 2 is 1.72 bits per heavy atom. The van der Waals surface area contributed by atoms with E-state index in [9.17, 15) is 14.4 Å². The summed E-state index contributed by atoms with van der Waals surface area (Å²) in [5.41, 5.74) is -0.547. The molecule has 0 bridgehead atoms. The first kappa shape index (κ1) is 16.4. The molecule has 0 saturated heterocycles. The number of carbonyl (C=O) groups excluding carboxylic acids is 2. The fraction of sp³-hybridized carbons (Fsp3) is 0.750. The highest BCUT2D eigenvalue weighted by Gasteiger charge is 2.16. The molecule has 0 heterocycles. The molecule has 0 aromatic rings. The number of aliphatic carboxylic acids is 1. The quantitative estimate of drug-likeness (QED) is 0.527. The van der Waals surface area contributed by atoms with Crippen LogP contribution in [0.15, 0.2) is 0 Å². The summed E-state index contributed by atoms with van der Waals surface area (Å²) in [4.78, 5) is 32.8. The number of hydrogen-bond acceptors (Lipinski definition) is 4. The van der Waals surface area contributed by atoms with Gasteiger partial charge < -0.3 is 15.2 Å². The normalized spacial score (nSPS) is 10.8. The van der Waals surface area contributed by atoms with Crippen LogP contribution in [0.4, 0.5) is 0 Å². The molecule has 0 rings (SSSR count). The maximum Gasteiger partial charge on any atom is 0.306 e. The van der Waals surface area contributed by atoms with Crippen molar-refractivity contribution in [3.05, 3.63) is 0 Å². The van der Waals surface area contributed by atoms with Crippen molar-refractivity contribution in [3.8, 4) is 0 Å². The van der Waals surface area contributed by atoms with Crippen LogP contribution in [-0.4, -0.2) is 35.1 Å². The zero-order valence-electron chi connectivity index (χ0n) is 11.1. The summed E-state index contributed by atoms with van der Waals surface area (Å²) in [6.45, 7) is 5.59. The van der Waals surface area contributed by atoms with Gasteiger partial charge in [0.15, 0.2) is 0 Å². The second kappa shape index (κ2) is 7.68. The van der Waals surface area contributed by atoms with E-state index < -0.39 is 17.5 Å². The lowest BCUT2D eigenvalue weighted by atomic mass is 10.2. The Hall–Kier alpha value is -1.59. The molecule has 6 heteroatoms. The van der Waals surface area contributed by atoms with Crippen molar-refractivity contribution in [2.45, 2.75) is 52.1 Å². The third kappa shape index (κ3) is 10.9. The predicted molar refractivity (Wildman–Crippen MR) is 65.0 cm³/mol. The zero-order valence-corrected chi connectivity index (χ0v) is 11.1. The van der Waals surface area contributed by atoms with E-state index in [0.29, 0.717) is 13.0 Å². The minimum atomic E-state index is -0.891. The van der Waals surface area contributed by atoms with Crippen LogP contribution in [0.25, 0.3) is 0 Å². The highest BCUT2D eigenvalue weighted by molar-refractivity contribution is 5.81. The van der Waals surface area contributed by atoms with Crippen LogP contribution in [0.3, 0.4) is 0 Å². The first-order chi connectivity index (χ1) is 8.20. The Bertz CT molecular complexity index is 306. The fourth-order valence-electron chi connectivity index (χ4n) is 1.16. The van der Waals surface area contributed by atoms with E-state index in [-0.39, 0.29) is 25.2 Å². The summed E-state index contributed by atoms with van der Waals surface area (Å²) in [7, 11) is 0. The van der Waals surface area contributed by atoms with E-state index in [1.165, 1.54) is 0 Å². The Balaban J connectivity index is 3.64. The van der Waals surface area contributed by atoms with Crippen LogP contribution in [-0.2, 0) is 19.1 Å². The predicted octanol–water partition coefficient (Wildman–Crippen LogP) is 1.09. The summed E-state index contributed by atoms with van der Waals surface area (Å²) in [6.07, 6.45) is 0.490. The van der Waals surface area contributed by atoms with Gasteiger partial charge in [0.05, 0.1) is 6.42 Å². The molecule has 6 nitrogen and oxygen atoms in total. The van der Waals surface area contributed by atoms with E-state index in [1.54, 1.807) is 20.8 Å². The molecule has 2 N–H and O–H groups in total. The van der Waals surface area contributed by atoms with Crippen molar-refractivity contribution in [1.82, 2.24) is 5.32 Å². The molecule has 0 aromatic heterocycles. The Morgan fingerprint density at radius 3 is 2.22 bits per heavy atom. The van der Waals surface area contributed by atoms with E-state index in [2.05, 4.69) is 5.32 Å². The molecule has 1 amide bonds. The minimum absolute atomic E-state index is 0.0202. The second-order valence-corrected chi connectivity index (χ2v) is 4.93. The summed E-state index contributed by atoms with van der Waals surface area (Å²) >= 11 is 0. The molecule has 0 fully saturated rings. The Labute approximate surface area is 107 Å². The van der Waals surface area contributed by atoms with Gasteiger partial charge in [-0.05, 0) is 27.2 Å². The van der Waals surface area contributed by atoms with Crippen molar-refractivity contribution in [2.24, 2.45) is 0 Å². The van der Waals surface area contributed by atoms with Gasteiger partial charge in [-0.25, -0.2) is 0 Å². The van der Waals surface area contributed by atoms with E-state index in [4.69, 9.17) is 9.84 Å². The van der Waals surface area contributed by atoms with Gasteiger partial charge in [0.25, 0.3) is 0 Å². The SMILES string of the molecule is CC(C)(C)OC(=O)CCC(=O)NCCCC(=O)O. The molecular formula is C12H21NO5. The summed E-state index contributed by atoms with van der Waals surface area (Å²) in [6, 6.07) is 0. The number of hydrogen-bond donors (Lipinski definition) is 2. The maximum atomic E-state index is 11.3. The summed E-state index contributed by atoms with van der Waals surface area (Å²) in [5.74, 6) is -1.58. The van der Waals surface area contributed by atoms with Crippen LogP contribution in [0, 0.1) is 0 Å². The largest absolute Gasteiger partial charge is 0.481 e. The van der Waals surface area contributed by atoms with Gasteiger partial charge in [-0.3, -0.25) is 14.4 Å². The number of esters is 1. The molecule has 0 saturated carbocycles. The van der Waals surface area contributed by atoms with Crippen molar-refractivity contribution in [2.75, 3.05) is 6.54 Å². The van der Waals surface area contributed by atoms with Crippen LogP contribution >= 0.6 is 0 Å². The molecule has 0 aliphatic rings. The van der Waals surface area contributed by atoms with Gasteiger partial charge in [-0.2, -0.15) is 0 Å². The molecule has 0 spiro atoms. The highest BCUT2D eigenvalue weighted by atomic mass is 16.6. The number of rotatable bonds is 7. The number of carboxylic acid groups (broad SMARTS) is 1. The first-order valence-electron chi connectivity index (χ1n) is 5.91. The number of carboxylic acids is 1. The Kier molecular flexibility index (Phi) is 7.00. The molecule has 0 unspecified atom stereocenters. The van der Waals surface area contributed by atoms with E-state index >= 15 is 0 Å². The summed E-state index contributed by atoms with van der Waals surface area (Å²) < 4.78 is 5.05. The lowest BCUT2D eigenvalue weighted by molar-refractivity contribution is -0.155. The molecule has 0 aliphatic heterocycles. The molecule has 0 radical (unpaired) electrons. The Morgan fingerprint density at radius 1 is 1.11 bits per heavy atom. The molecular weight excluding hydrogens is 238 g/mol. The van der Waals surface area contributed by atoms with Gasteiger partial charge >= 0.3 is 11.9 Å². The number of amides is 1. The van der Waals surface area contributed by atoms with E-state index in [0.717, 1.165) is 0 Å². The van der Waals surface area contributed by atoms with Crippen molar-refractivity contribution in [3.63, 3.8) is 0 Å². The van der Waals surface area contributed by atoms with Crippen molar-refractivity contribution < 1.29 is 24.2 Å². The topological polar surface area (TPSA) is 92.7 Å². The molecule has 0 aromatic carbocycles. The van der Waals surface area contributed by atoms with Gasteiger partial charge in [-0.1, -0.05) is 0 Å². The maximum absolute atomic E-state index is 11.3. The van der Waals surface area contributed by atoms with Crippen molar-refractivity contribution in [1.29, 1.82) is 0 Å². The number of ether oxygens (including phenoxy) is 1. The number of carbonyl (C=O) groups is 3. The smallest absolute Gasteiger partial charge is 0.306 e. The fourth-order valence-corrected chi connectivity index (χ4v) is 1.16. The lowest BCUT2D eigenvalue weighted by Gasteiger charge is -2.19. The average molecular weight is 259 g/mol. The summed E-state index contributed by atoms with van der Waals surface area (Å²) in [5, 5.41) is 10.9. The van der Waals surface area contributed by atoms with Crippen molar-refractivity contribution >= 4 is 17.8 Å². The third-order valence-electron chi connectivity index (χ3n) is 1.87. The minimum Gasteiger partial charge on any atom is -0.481 e. The van der Waals surface area contributed by atoms with Gasteiger partial charge in [0.1, 0.15) is 5.60 Å². The van der Waals surface area contributed by atoms with Crippen LogP contribution in [0.2, 0.25) is 0 Å². The van der Waals surface area contributed by atoms with Crippen LogP contribution in [0.1, 0.15) is 46.5 Å². The average Bonchev–Trinajstić information content (AvgIpc) is 2.19.